The van der Waals surface area contributed by atoms with E-state index in [1.807, 2.05) is 4.90 Å². The van der Waals surface area contributed by atoms with E-state index >= 15 is 0 Å². The van der Waals surface area contributed by atoms with Gasteiger partial charge in [-0.2, -0.15) is 0 Å². The van der Waals surface area contributed by atoms with Crippen LogP contribution in [0.5, 0.6) is 0 Å². The Kier molecular flexibility index (Phi) is 3.56. The number of fused-ring (bicyclic) bond motifs is 1. The average molecular weight is 322 g/mol. The van der Waals surface area contributed by atoms with Gasteiger partial charge in [0.1, 0.15) is 11.2 Å². The maximum absolute atomic E-state index is 12.5. The molecule has 3 heterocycles. The third-order valence-electron chi connectivity index (χ3n) is 4.44. The lowest BCUT2D eigenvalue weighted by Gasteiger charge is -2.25. The minimum Gasteiger partial charge on any atom is -0.481 e. The van der Waals surface area contributed by atoms with Crippen molar-refractivity contribution in [2.45, 2.75) is 0 Å². The molecule has 1 N–H and O–H groups in total. The van der Waals surface area contributed by atoms with Crippen molar-refractivity contribution in [2.75, 3.05) is 31.1 Å². The fourth-order valence-electron chi connectivity index (χ4n) is 3.35. The topological polar surface area (TPSA) is 73.7 Å². The summed E-state index contributed by atoms with van der Waals surface area (Å²) >= 11 is 5.82. The van der Waals surface area contributed by atoms with Crippen LogP contribution < -0.4 is 4.90 Å². The summed E-state index contributed by atoms with van der Waals surface area (Å²) in [5.74, 6) is -0.974. The van der Waals surface area contributed by atoms with Crippen molar-refractivity contribution < 1.29 is 14.7 Å². The number of carbonyl (C=O) groups excluding carboxylic acids is 1. The molecule has 116 valence electrons. The quantitative estimate of drug-likeness (QED) is 0.845. The molecule has 2 fully saturated rings. The molecule has 22 heavy (non-hydrogen) atoms. The third-order valence-corrected chi connectivity index (χ3v) is 4.66. The van der Waals surface area contributed by atoms with Crippen molar-refractivity contribution in [3.8, 4) is 0 Å². The van der Waals surface area contributed by atoms with E-state index in [0.717, 1.165) is 0 Å². The van der Waals surface area contributed by atoms with Crippen LogP contribution in [0.15, 0.2) is 31.0 Å². The van der Waals surface area contributed by atoms with Gasteiger partial charge in [-0.05, 0) is 12.1 Å². The number of pyridine rings is 1. The number of carboxylic acids is 1. The average Bonchev–Trinajstić information content (AvgIpc) is 2.98. The molecule has 3 rings (SSSR count). The van der Waals surface area contributed by atoms with Gasteiger partial charge in [0.05, 0.1) is 10.9 Å². The molecule has 2 aliphatic heterocycles. The van der Waals surface area contributed by atoms with E-state index in [4.69, 9.17) is 11.6 Å². The number of carbonyl (C=O) groups is 2. The summed E-state index contributed by atoms with van der Waals surface area (Å²) in [6.07, 6.45) is 3.14. The van der Waals surface area contributed by atoms with Crippen molar-refractivity contribution in [2.24, 2.45) is 11.3 Å². The molecular weight excluding hydrogens is 306 g/mol. The largest absolute Gasteiger partial charge is 0.481 e. The Morgan fingerprint density at radius 2 is 2.32 bits per heavy atom. The summed E-state index contributed by atoms with van der Waals surface area (Å²) in [5.41, 5.74) is -1.08. The molecule has 0 bridgehead atoms. The van der Waals surface area contributed by atoms with E-state index in [0.29, 0.717) is 23.9 Å². The predicted octanol–water partition coefficient (Wildman–Crippen LogP) is 1.27. The number of likely N-dealkylation sites (tertiary alicyclic amines) is 1. The molecule has 7 heteroatoms. The first-order chi connectivity index (χ1) is 10.5. The predicted molar refractivity (Wildman–Crippen MR) is 81.8 cm³/mol. The number of amides is 1. The zero-order valence-electron chi connectivity index (χ0n) is 11.9. The second-order valence-electron chi connectivity index (χ2n) is 5.74. The molecule has 0 spiro atoms. The Morgan fingerprint density at radius 3 is 2.86 bits per heavy atom. The molecule has 0 radical (unpaired) electrons. The molecule has 1 aromatic rings. The molecule has 2 saturated heterocycles. The highest BCUT2D eigenvalue weighted by Gasteiger charge is 2.62. The SMILES string of the molecule is C=CCN1C[C@]2(C(=O)O)CN(c3ccc(Cl)cn3)C[C@@H]2C1=O. The van der Waals surface area contributed by atoms with Crippen LogP contribution in [-0.2, 0) is 9.59 Å². The van der Waals surface area contributed by atoms with Crippen LogP contribution in [0.1, 0.15) is 0 Å². The molecule has 0 unspecified atom stereocenters. The van der Waals surface area contributed by atoms with E-state index in [1.54, 1.807) is 23.1 Å². The lowest BCUT2D eigenvalue weighted by Crippen LogP contribution is -2.41. The number of rotatable bonds is 4. The van der Waals surface area contributed by atoms with Crippen LogP contribution in [-0.4, -0.2) is 53.0 Å². The van der Waals surface area contributed by atoms with Crippen molar-refractivity contribution in [3.63, 3.8) is 0 Å². The second-order valence-corrected chi connectivity index (χ2v) is 6.17. The van der Waals surface area contributed by atoms with Gasteiger partial charge in [0.15, 0.2) is 0 Å². The smallest absolute Gasteiger partial charge is 0.314 e. The number of anilines is 1. The monoisotopic (exact) mass is 321 g/mol. The van der Waals surface area contributed by atoms with Gasteiger partial charge in [-0.25, -0.2) is 4.98 Å². The Balaban J connectivity index is 1.89. The minimum absolute atomic E-state index is 0.126. The van der Waals surface area contributed by atoms with Crippen LogP contribution in [0.3, 0.4) is 0 Å². The number of nitrogens with zero attached hydrogens (tertiary/aromatic N) is 3. The van der Waals surface area contributed by atoms with Crippen LogP contribution in [0.4, 0.5) is 5.82 Å². The number of hydrogen-bond acceptors (Lipinski definition) is 4. The standard InChI is InChI=1S/C15H16ClN3O3/c1-2-5-18-8-15(14(21)22)9-19(7-11(15)13(18)20)12-4-3-10(16)6-17-12/h2-4,6,11H,1,5,7-9H2,(H,21,22)/t11-,15+/m1/s1. The highest BCUT2D eigenvalue weighted by Crippen LogP contribution is 2.44. The Labute approximate surface area is 133 Å². The summed E-state index contributed by atoms with van der Waals surface area (Å²) in [6.45, 7) is 4.82. The molecule has 1 amide bonds. The Morgan fingerprint density at radius 1 is 1.55 bits per heavy atom. The normalized spacial score (nSPS) is 27.1. The van der Waals surface area contributed by atoms with Crippen LogP contribution >= 0.6 is 11.6 Å². The van der Waals surface area contributed by atoms with E-state index in [-0.39, 0.29) is 19.0 Å². The zero-order chi connectivity index (χ0) is 15.9. The van der Waals surface area contributed by atoms with Gasteiger partial charge >= 0.3 is 5.97 Å². The van der Waals surface area contributed by atoms with Crippen molar-refractivity contribution in [1.82, 2.24) is 9.88 Å². The van der Waals surface area contributed by atoms with Gasteiger partial charge in [-0.3, -0.25) is 9.59 Å². The van der Waals surface area contributed by atoms with Gasteiger partial charge in [0, 0.05) is 32.4 Å². The third kappa shape index (κ3) is 2.14. The van der Waals surface area contributed by atoms with E-state index in [9.17, 15) is 14.7 Å². The van der Waals surface area contributed by atoms with Crippen molar-refractivity contribution in [1.29, 1.82) is 0 Å². The van der Waals surface area contributed by atoms with E-state index < -0.39 is 17.3 Å². The van der Waals surface area contributed by atoms with Crippen LogP contribution in [0.25, 0.3) is 0 Å². The van der Waals surface area contributed by atoms with Crippen LogP contribution in [0, 0.1) is 11.3 Å². The molecule has 2 aliphatic rings. The van der Waals surface area contributed by atoms with Crippen LogP contribution in [0.2, 0.25) is 5.02 Å². The van der Waals surface area contributed by atoms with Gasteiger partial charge in [0.25, 0.3) is 0 Å². The zero-order valence-corrected chi connectivity index (χ0v) is 12.7. The maximum Gasteiger partial charge on any atom is 0.314 e. The number of halogens is 1. The van der Waals surface area contributed by atoms with Crippen molar-refractivity contribution in [3.05, 3.63) is 36.0 Å². The van der Waals surface area contributed by atoms with Crippen molar-refractivity contribution >= 4 is 29.3 Å². The number of aromatic nitrogens is 1. The fourth-order valence-corrected chi connectivity index (χ4v) is 3.46. The molecule has 6 nitrogen and oxygen atoms in total. The van der Waals surface area contributed by atoms with Gasteiger partial charge in [0.2, 0.25) is 5.91 Å². The fraction of sp³-hybridized carbons (Fsp3) is 0.400. The van der Waals surface area contributed by atoms with Gasteiger partial charge < -0.3 is 14.9 Å². The van der Waals surface area contributed by atoms with E-state index in [2.05, 4.69) is 11.6 Å². The lowest BCUT2D eigenvalue weighted by molar-refractivity contribution is -0.149. The molecule has 0 aliphatic carbocycles. The maximum atomic E-state index is 12.5. The highest BCUT2D eigenvalue weighted by atomic mass is 35.5. The molecule has 1 aromatic heterocycles. The summed E-state index contributed by atoms with van der Waals surface area (Å²) in [7, 11) is 0. The first kappa shape index (κ1) is 14.8. The first-order valence-corrected chi connectivity index (χ1v) is 7.35. The molecule has 0 saturated carbocycles. The second kappa shape index (κ2) is 5.28. The number of carboxylic acid groups (broad SMARTS) is 1. The lowest BCUT2D eigenvalue weighted by atomic mass is 9.81. The number of hydrogen-bond donors (Lipinski definition) is 1. The van der Waals surface area contributed by atoms with E-state index in [1.165, 1.54) is 6.20 Å². The summed E-state index contributed by atoms with van der Waals surface area (Å²) in [6, 6.07) is 3.45. The van der Waals surface area contributed by atoms with Gasteiger partial charge in [-0.15, -0.1) is 6.58 Å². The number of aliphatic carboxylic acids is 1. The summed E-state index contributed by atoms with van der Waals surface area (Å²) in [5, 5.41) is 10.2. The summed E-state index contributed by atoms with van der Waals surface area (Å²) in [4.78, 5) is 32.0. The first-order valence-electron chi connectivity index (χ1n) is 6.97. The Hall–Kier alpha value is -2.08. The molecule has 0 aromatic carbocycles. The van der Waals surface area contributed by atoms with Gasteiger partial charge in [-0.1, -0.05) is 17.7 Å². The Bertz CT molecular complexity index is 633. The molecular formula is C15H16ClN3O3. The molecule has 2 atom stereocenters. The minimum atomic E-state index is -1.08. The highest BCUT2D eigenvalue weighted by molar-refractivity contribution is 6.30. The summed E-state index contributed by atoms with van der Waals surface area (Å²) < 4.78 is 0.